The number of hydrogen-bond acceptors (Lipinski definition) is 5. The van der Waals surface area contributed by atoms with E-state index in [0.717, 1.165) is 48.5 Å². The summed E-state index contributed by atoms with van der Waals surface area (Å²) in [6, 6.07) is 18.1. The van der Waals surface area contributed by atoms with Gasteiger partial charge in [-0.3, -0.25) is 4.90 Å². The van der Waals surface area contributed by atoms with Crippen molar-refractivity contribution in [1.29, 1.82) is 0 Å². The molecule has 6 nitrogen and oxygen atoms in total. The molecule has 0 saturated carbocycles. The molecule has 3 rings (SSSR count). The topological polar surface area (TPSA) is 59.8 Å². The molecule has 33 heavy (non-hydrogen) atoms. The zero-order valence-corrected chi connectivity index (χ0v) is 20.3. The molecule has 1 aromatic heterocycles. The van der Waals surface area contributed by atoms with E-state index in [1.165, 1.54) is 5.56 Å². The minimum Gasteiger partial charge on any atom is -0.439 e. The second-order valence-corrected chi connectivity index (χ2v) is 8.56. The molecule has 0 amide bonds. The molecule has 2 aromatic carbocycles. The summed E-state index contributed by atoms with van der Waals surface area (Å²) in [6.07, 6.45) is 2.53. The normalized spacial score (nSPS) is 12.3. The third kappa shape index (κ3) is 7.16. The minimum atomic E-state index is -0.368. The fourth-order valence-corrected chi connectivity index (χ4v) is 3.80. The number of aliphatic hydroxyl groups excluding tert-OH is 1. The highest BCUT2D eigenvalue weighted by atomic mass is 16.5. The van der Waals surface area contributed by atoms with Gasteiger partial charge in [0, 0.05) is 26.7 Å². The fourth-order valence-electron chi connectivity index (χ4n) is 3.80. The van der Waals surface area contributed by atoms with Gasteiger partial charge in [0.15, 0.2) is 0 Å². The van der Waals surface area contributed by atoms with Crippen LogP contribution in [0.15, 0.2) is 54.6 Å². The Balaban J connectivity index is 1.94. The van der Waals surface area contributed by atoms with Gasteiger partial charge in [-0.25, -0.2) is 4.68 Å². The Morgan fingerprint density at radius 3 is 2.45 bits per heavy atom. The highest BCUT2D eigenvalue weighted by Gasteiger charge is 2.22. The smallest absolute Gasteiger partial charge is 0.227 e. The Morgan fingerprint density at radius 2 is 1.79 bits per heavy atom. The SMILES string of the molecule is CCCCC(O)CN(CCOC)Cc1c(C)nn(-c2ccccc2)c1Oc1ccc(C)cc1. The Kier molecular flexibility index (Phi) is 9.48. The van der Waals surface area contributed by atoms with E-state index in [-0.39, 0.29) is 6.10 Å². The number of nitrogens with zero attached hydrogens (tertiary/aromatic N) is 3. The maximum Gasteiger partial charge on any atom is 0.227 e. The van der Waals surface area contributed by atoms with Gasteiger partial charge in [0.05, 0.1) is 29.7 Å². The van der Waals surface area contributed by atoms with Gasteiger partial charge in [0.2, 0.25) is 5.88 Å². The quantitative estimate of drug-likeness (QED) is 0.383. The van der Waals surface area contributed by atoms with Gasteiger partial charge in [-0.05, 0) is 44.5 Å². The largest absolute Gasteiger partial charge is 0.439 e. The third-order valence-corrected chi connectivity index (χ3v) is 5.73. The lowest BCUT2D eigenvalue weighted by atomic mass is 10.1. The molecule has 1 N–H and O–H groups in total. The third-order valence-electron chi connectivity index (χ3n) is 5.73. The van der Waals surface area contributed by atoms with Crippen LogP contribution in [-0.4, -0.2) is 52.7 Å². The van der Waals surface area contributed by atoms with Crippen molar-refractivity contribution in [1.82, 2.24) is 14.7 Å². The van der Waals surface area contributed by atoms with E-state index in [2.05, 4.69) is 18.7 Å². The molecule has 1 unspecified atom stereocenters. The molecule has 6 heteroatoms. The predicted octanol–water partition coefficient (Wildman–Crippen LogP) is 5.28. The van der Waals surface area contributed by atoms with Crippen LogP contribution < -0.4 is 4.74 Å². The highest BCUT2D eigenvalue weighted by Crippen LogP contribution is 2.32. The van der Waals surface area contributed by atoms with Crippen LogP contribution in [0.25, 0.3) is 5.69 Å². The van der Waals surface area contributed by atoms with Gasteiger partial charge >= 0.3 is 0 Å². The number of hydrogen-bond donors (Lipinski definition) is 1. The lowest BCUT2D eigenvalue weighted by Crippen LogP contribution is -2.34. The molecule has 0 radical (unpaired) electrons. The molecule has 178 valence electrons. The molecule has 0 spiro atoms. The number of aliphatic hydroxyl groups is 1. The second-order valence-electron chi connectivity index (χ2n) is 8.56. The first-order valence-electron chi connectivity index (χ1n) is 11.8. The van der Waals surface area contributed by atoms with E-state index in [9.17, 15) is 5.11 Å². The number of methoxy groups -OCH3 is 1. The van der Waals surface area contributed by atoms with Gasteiger partial charge in [0.1, 0.15) is 5.75 Å². The molecule has 0 aliphatic heterocycles. The van der Waals surface area contributed by atoms with E-state index in [1.54, 1.807) is 7.11 Å². The second kappa shape index (κ2) is 12.5. The average Bonchev–Trinajstić information content (AvgIpc) is 3.13. The van der Waals surface area contributed by atoms with E-state index < -0.39 is 0 Å². The van der Waals surface area contributed by atoms with Crippen molar-refractivity contribution in [3.8, 4) is 17.3 Å². The number of aromatic nitrogens is 2. The molecule has 0 saturated heterocycles. The Bertz CT molecular complexity index is 970. The van der Waals surface area contributed by atoms with E-state index in [1.807, 2.05) is 66.2 Å². The van der Waals surface area contributed by atoms with E-state index >= 15 is 0 Å². The summed E-state index contributed by atoms with van der Waals surface area (Å²) in [7, 11) is 1.70. The molecule has 1 heterocycles. The van der Waals surface area contributed by atoms with Crippen LogP contribution >= 0.6 is 0 Å². The molecule has 1 atom stereocenters. The van der Waals surface area contributed by atoms with Gasteiger partial charge in [-0.15, -0.1) is 0 Å². The van der Waals surface area contributed by atoms with Crippen LogP contribution in [-0.2, 0) is 11.3 Å². The Hall–Kier alpha value is -2.67. The summed E-state index contributed by atoms with van der Waals surface area (Å²) in [5.74, 6) is 1.47. The maximum absolute atomic E-state index is 10.6. The number of aryl methyl sites for hydroxylation is 2. The summed E-state index contributed by atoms with van der Waals surface area (Å²) < 4.78 is 13.6. The number of ether oxygens (including phenoxy) is 2. The molecule has 0 bridgehead atoms. The standard InChI is InChI=1S/C27H37N3O3/c1-5-6-12-24(31)19-29(17-18-32-4)20-26-22(3)28-30(23-10-8-7-9-11-23)27(26)33-25-15-13-21(2)14-16-25/h7-11,13-16,24,31H,5-6,12,17-20H2,1-4H3. The average molecular weight is 452 g/mol. The number of rotatable bonds is 13. The van der Waals surface area contributed by atoms with Gasteiger partial charge in [-0.2, -0.15) is 5.10 Å². The summed E-state index contributed by atoms with van der Waals surface area (Å²) in [6.45, 7) is 8.74. The molecule has 3 aromatic rings. The molecule has 0 aliphatic rings. The summed E-state index contributed by atoms with van der Waals surface area (Å²) in [5, 5.41) is 15.4. The van der Waals surface area contributed by atoms with Crippen LogP contribution in [0.5, 0.6) is 11.6 Å². The minimum absolute atomic E-state index is 0.368. The first-order chi connectivity index (χ1) is 16.0. The summed E-state index contributed by atoms with van der Waals surface area (Å²) in [5.41, 5.74) is 4.05. The van der Waals surface area contributed by atoms with Gasteiger partial charge < -0.3 is 14.6 Å². The lowest BCUT2D eigenvalue weighted by molar-refractivity contribution is 0.0786. The van der Waals surface area contributed by atoms with Crippen LogP contribution in [0.3, 0.4) is 0 Å². The Morgan fingerprint density at radius 1 is 1.06 bits per heavy atom. The Labute approximate surface area is 197 Å². The maximum atomic E-state index is 10.6. The zero-order valence-electron chi connectivity index (χ0n) is 20.3. The van der Waals surface area contributed by atoms with Crippen molar-refractivity contribution < 1.29 is 14.6 Å². The highest BCUT2D eigenvalue weighted by molar-refractivity contribution is 5.43. The predicted molar refractivity (Wildman–Crippen MR) is 132 cm³/mol. The van der Waals surface area contributed by atoms with Crippen molar-refractivity contribution in [3.63, 3.8) is 0 Å². The van der Waals surface area contributed by atoms with Crippen molar-refractivity contribution in [2.24, 2.45) is 0 Å². The fraction of sp³-hybridized carbons (Fsp3) is 0.444. The number of unbranched alkanes of at least 4 members (excludes halogenated alkanes) is 1. The van der Waals surface area contributed by atoms with Crippen molar-refractivity contribution in [2.45, 2.75) is 52.7 Å². The first kappa shape index (κ1) is 25.0. The first-order valence-corrected chi connectivity index (χ1v) is 11.8. The molecule has 0 aliphatic carbocycles. The summed E-state index contributed by atoms with van der Waals surface area (Å²) in [4.78, 5) is 2.23. The van der Waals surface area contributed by atoms with Gasteiger partial charge in [-0.1, -0.05) is 55.7 Å². The van der Waals surface area contributed by atoms with Crippen LogP contribution in [0, 0.1) is 13.8 Å². The number of benzene rings is 2. The monoisotopic (exact) mass is 451 g/mol. The lowest BCUT2D eigenvalue weighted by Gasteiger charge is -2.25. The van der Waals surface area contributed by atoms with E-state index in [0.29, 0.717) is 25.6 Å². The van der Waals surface area contributed by atoms with E-state index in [4.69, 9.17) is 14.6 Å². The zero-order chi connectivity index (χ0) is 23.6. The molecular formula is C27H37N3O3. The van der Waals surface area contributed by atoms with Crippen molar-refractivity contribution in [3.05, 3.63) is 71.4 Å². The number of para-hydroxylation sites is 1. The summed E-state index contributed by atoms with van der Waals surface area (Å²) >= 11 is 0. The van der Waals surface area contributed by atoms with Crippen LogP contribution in [0.1, 0.15) is 43.0 Å². The molecule has 0 fully saturated rings. The van der Waals surface area contributed by atoms with Crippen molar-refractivity contribution >= 4 is 0 Å². The van der Waals surface area contributed by atoms with Crippen LogP contribution in [0.2, 0.25) is 0 Å². The van der Waals surface area contributed by atoms with Crippen molar-refractivity contribution in [2.75, 3.05) is 26.8 Å². The van der Waals surface area contributed by atoms with Gasteiger partial charge in [0.25, 0.3) is 0 Å². The van der Waals surface area contributed by atoms with Crippen LogP contribution in [0.4, 0.5) is 0 Å². The molecular weight excluding hydrogens is 414 g/mol.